The summed E-state index contributed by atoms with van der Waals surface area (Å²) in [6.07, 6.45) is 5.23. The Labute approximate surface area is 87.2 Å². The van der Waals surface area contributed by atoms with Crippen LogP contribution in [0.5, 0.6) is 0 Å². The molecule has 3 heteroatoms. The van der Waals surface area contributed by atoms with Crippen molar-refractivity contribution in [3.8, 4) is 0 Å². The second-order valence-corrected chi connectivity index (χ2v) is 4.04. The first-order valence-corrected chi connectivity index (χ1v) is 5.60. The van der Waals surface area contributed by atoms with Crippen LogP contribution in [0.2, 0.25) is 0 Å². The highest BCUT2D eigenvalue weighted by Crippen LogP contribution is 2.31. The topological polar surface area (TPSA) is 30.5 Å². The third-order valence-corrected chi connectivity index (χ3v) is 3.07. The Morgan fingerprint density at radius 2 is 1.93 bits per heavy atom. The van der Waals surface area contributed by atoms with Crippen molar-refractivity contribution >= 4 is 0 Å². The third-order valence-electron chi connectivity index (χ3n) is 3.07. The Kier molecular flexibility index (Phi) is 5.45. The lowest BCUT2D eigenvalue weighted by atomic mass is 9.80. The highest BCUT2D eigenvalue weighted by molar-refractivity contribution is 4.79. The van der Waals surface area contributed by atoms with Gasteiger partial charge < -0.3 is 14.8 Å². The minimum atomic E-state index is -0.101. The van der Waals surface area contributed by atoms with E-state index in [4.69, 9.17) is 9.47 Å². The summed E-state index contributed by atoms with van der Waals surface area (Å²) >= 11 is 0. The van der Waals surface area contributed by atoms with Crippen molar-refractivity contribution in [3.05, 3.63) is 0 Å². The average Bonchev–Trinajstić information content (AvgIpc) is 2.13. The zero-order valence-electron chi connectivity index (χ0n) is 9.58. The quantitative estimate of drug-likeness (QED) is 0.637. The van der Waals surface area contributed by atoms with E-state index in [0.717, 1.165) is 12.5 Å². The van der Waals surface area contributed by atoms with Gasteiger partial charge in [-0.25, -0.2) is 0 Å². The molecule has 0 aromatic heterocycles. The lowest BCUT2D eigenvalue weighted by Gasteiger charge is -2.33. The minimum Gasteiger partial charge on any atom is -0.354 e. The molecule has 1 atom stereocenters. The molecule has 14 heavy (non-hydrogen) atoms. The van der Waals surface area contributed by atoms with Crippen molar-refractivity contribution in [1.82, 2.24) is 5.32 Å². The summed E-state index contributed by atoms with van der Waals surface area (Å²) in [7, 11) is 3.42. The van der Waals surface area contributed by atoms with Crippen LogP contribution in [0, 0.1) is 5.92 Å². The first-order chi connectivity index (χ1) is 6.81. The Bertz CT molecular complexity index is 144. The molecule has 84 valence electrons. The molecule has 1 aliphatic rings. The maximum Gasteiger partial charge on any atom is 0.171 e. The molecule has 0 aromatic rings. The van der Waals surface area contributed by atoms with Gasteiger partial charge in [0.15, 0.2) is 6.29 Å². The molecule has 0 spiro atoms. The van der Waals surface area contributed by atoms with Gasteiger partial charge in [-0.3, -0.25) is 0 Å². The van der Waals surface area contributed by atoms with Crippen LogP contribution in [0.15, 0.2) is 0 Å². The van der Waals surface area contributed by atoms with Crippen molar-refractivity contribution in [2.75, 3.05) is 20.8 Å². The SMILES string of the molecule is CCNC(CC1CCC1)C(OC)OC. The number of methoxy groups -OCH3 is 2. The third kappa shape index (κ3) is 3.23. The summed E-state index contributed by atoms with van der Waals surface area (Å²) in [5, 5.41) is 3.43. The second-order valence-electron chi connectivity index (χ2n) is 4.04. The summed E-state index contributed by atoms with van der Waals surface area (Å²) in [4.78, 5) is 0. The molecule has 0 aromatic carbocycles. The van der Waals surface area contributed by atoms with Gasteiger partial charge in [0.05, 0.1) is 6.04 Å². The van der Waals surface area contributed by atoms with Gasteiger partial charge in [0.1, 0.15) is 0 Å². The summed E-state index contributed by atoms with van der Waals surface area (Å²) in [6, 6.07) is 0.347. The lowest BCUT2D eigenvalue weighted by Crippen LogP contribution is -2.44. The second kappa shape index (κ2) is 6.38. The van der Waals surface area contributed by atoms with Crippen molar-refractivity contribution in [1.29, 1.82) is 0 Å². The minimum absolute atomic E-state index is 0.101. The molecule has 1 fully saturated rings. The van der Waals surface area contributed by atoms with Crippen molar-refractivity contribution in [2.24, 2.45) is 5.92 Å². The summed E-state index contributed by atoms with van der Waals surface area (Å²) in [6.45, 7) is 3.09. The van der Waals surface area contributed by atoms with Gasteiger partial charge in [-0.15, -0.1) is 0 Å². The van der Waals surface area contributed by atoms with Crippen molar-refractivity contribution < 1.29 is 9.47 Å². The van der Waals surface area contributed by atoms with Crippen LogP contribution in [-0.2, 0) is 9.47 Å². The maximum atomic E-state index is 5.30. The van der Waals surface area contributed by atoms with Gasteiger partial charge >= 0.3 is 0 Å². The highest BCUT2D eigenvalue weighted by atomic mass is 16.7. The Balaban J connectivity index is 2.34. The first-order valence-electron chi connectivity index (χ1n) is 5.60. The summed E-state index contributed by atoms with van der Waals surface area (Å²) < 4.78 is 10.6. The van der Waals surface area contributed by atoms with Gasteiger partial charge in [0.25, 0.3) is 0 Å². The molecule has 1 saturated carbocycles. The zero-order chi connectivity index (χ0) is 10.4. The van der Waals surface area contributed by atoms with E-state index in [2.05, 4.69) is 12.2 Å². The van der Waals surface area contributed by atoms with Crippen LogP contribution in [0.1, 0.15) is 32.6 Å². The van der Waals surface area contributed by atoms with E-state index >= 15 is 0 Å². The average molecular weight is 201 g/mol. The smallest absolute Gasteiger partial charge is 0.171 e. The molecular formula is C11H23NO2. The fraction of sp³-hybridized carbons (Fsp3) is 1.00. The number of rotatable bonds is 7. The van der Waals surface area contributed by atoms with E-state index in [1.54, 1.807) is 14.2 Å². The standard InChI is InChI=1S/C11H23NO2/c1-4-12-10(11(13-2)14-3)8-9-6-5-7-9/h9-12H,4-8H2,1-3H3. The van der Waals surface area contributed by atoms with Crippen LogP contribution < -0.4 is 5.32 Å². The van der Waals surface area contributed by atoms with E-state index in [-0.39, 0.29) is 6.29 Å². The van der Waals surface area contributed by atoms with E-state index < -0.39 is 0 Å². The van der Waals surface area contributed by atoms with Gasteiger partial charge in [-0.2, -0.15) is 0 Å². The molecule has 1 aliphatic carbocycles. The largest absolute Gasteiger partial charge is 0.354 e. The van der Waals surface area contributed by atoms with Gasteiger partial charge in [0, 0.05) is 14.2 Å². The van der Waals surface area contributed by atoms with E-state index in [9.17, 15) is 0 Å². The Morgan fingerprint density at radius 1 is 1.29 bits per heavy atom. The molecule has 1 rings (SSSR count). The predicted octanol–water partition coefficient (Wildman–Crippen LogP) is 1.77. The fourth-order valence-corrected chi connectivity index (χ4v) is 2.07. The highest BCUT2D eigenvalue weighted by Gasteiger charge is 2.26. The lowest BCUT2D eigenvalue weighted by molar-refractivity contribution is -0.127. The van der Waals surface area contributed by atoms with Gasteiger partial charge in [-0.05, 0) is 18.9 Å². The Morgan fingerprint density at radius 3 is 2.29 bits per heavy atom. The fourth-order valence-electron chi connectivity index (χ4n) is 2.07. The van der Waals surface area contributed by atoms with Crippen molar-refractivity contribution in [2.45, 2.75) is 44.9 Å². The number of ether oxygens (including phenoxy) is 2. The predicted molar refractivity (Wildman–Crippen MR) is 57.2 cm³/mol. The molecule has 3 nitrogen and oxygen atoms in total. The number of hydrogen-bond acceptors (Lipinski definition) is 3. The monoisotopic (exact) mass is 201 g/mol. The van der Waals surface area contributed by atoms with E-state index in [1.807, 2.05) is 0 Å². The van der Waals surface area contributed by atoms with E-state index in [0.29, 0.717) is 6.04 Å². The van der Waals surface area contributed by atoms with E-state index in [1.165, 1.54) is 25.7 Å². The van der Waals surface area contributed by atoms with Crippen LogP contribution in [-0.4, -0.2) is 33.1 Å². The van der Waals surface area contributed by atoms with Crippen LogP contribution in [0.4, 0.5) is 0 Å². The maximum absolute atomic E-state index is 5.30. The molecule has 0 heterocycles. The molecule has 1 N–H and O–H groups in total. The van der Waals surface area contributed by atoms with Crippen LogP contribution in [0.25, 0.3) is 0 Å². The molecule has 0 aliphatic heterocycles. The van der Waals surface area contributed by atoms with Crippen molar-refractivity contribution in [3.63, 3.8) is 0 Å². The first kappa shape index (κ1) is 12.0. The van der Waals surface area contributed by atoms with Crippen LogP contribution in [0.3, 0.4) is 0 Å². The molecule has 0 bridgehead atoms. The Hall–Kier alpha value is -0.120. The molecule has 0 amide bonds. The molecule has 0 saturated heterocycles. The number of likely N-dealkylation sites (N-methyl/N-ethyl adjacent to an activating group) is 1. The molecular weight excluding hydrogens is 178 g/mol. The normalized spacial score (nSPS) is 19.7. The molecule has 0 radical (unpaired) electrons. The van der Waals surface area contributed by atoms with Crippen LogP contribution >= 0.6 is 0 Å². The zero-order valence-corrected chi connectivity index (χ0v) is 9.58. The summed E-state index contributed by atoms with van der Waals surface area (Å²) in [5.74, 6) is 0.881. The number of hydrogen-bond donors (Lipinski definition) is 1. The van der Waals surface area contributed by atoms with Gasteiger partial charge in [0.2, 0.25) is 0 Å². The summed E-state index contributed by atoms with van der Waals surface area (Å²) in [5.41, 5.74) is 0. The molecule has 1 unspecified atom stereocenters. The number of nitrogens with one attached hydrogen (secondary N) is 1. The van der Waals surface area contributed by atoms with Gasteiger partial charge in [-0.1, -0.05) is 26.2 Å².